The van der Waals surface area contributed by atoms with E-state index in [0.29, 0.717) is 32.8 Å². The molecule has 0 aliphatic carbocycles. The number of nitrogens with one attached hydrogen (secondary N) is 1. The minimum atomic E-state index is -0.379. The van der Waals surface area contributed by atoms with Gasteiger partial charge in [-0.05, 0) is 13.5 Å². The van der Waals surface area contributed by atoms with Crippen LogP contribution in [0.25, 0.3) is 0 Å². The second kappa shape index (κ2) is 5.57. The molecule has 0 amide bonds. The molecule has 17 heavy (non-hydrogen) atoms. The number of H-pyrrole nitrogens is 1. The van der Waals surface area contributed by atoms with Crippen LogP contribution in [-0.4, -0.2) is 41.5 Å². The maximum absolute atomic E-state index is 5.89. The fourth-order valence-electron chi connectivity index (χ4n) is 2.16. The number of nitrogens with zero attached hydrogens (tertiary/aromatic N) is 2. The monoisotopic (exact) mass is 240 g/mol. The van der Waals surface area contributed by atoms with Crippen molar-refractivity contribution in [2.24, 2.45) is 5.73 Å². The third-order valence-electron chi connectivity index (χ3n) is 3.04. The average molecular weight is 240 g/mol. The van der Waals surface area contributed by atoms with E-state index in [-0.39, 0.29) is 5.60 Å². The lowest BCUT2D eigenvalue weighted by atomic mass is 9.93. The number of ether oxygens (including phenoxy) is 2. The molecule has 6 nitrogen and oxygen atoms in total. The van der Waals surface area contributed by atoms with Gasteiger partial charge in [-0.2, -0.15) is 5.10 Å². The Morgan fingerprint density at radius 1 is 1.47 bits per heavy atom. The van der Waals surface area contributed by atoms with Crippen LogP contribution in [0.2, 0.25) is 0 Å². The van der Waals surface area contributed by atoms with Gasteiger partial charge in [-0.1, -0.05) is 0 Å². The van der Waals surface area contributed by atoms with Crippen LogP contribution in [0.15, 0.2) is 0 Å². The van der Waals surface area contributed by atoms with Gasteiger partial charge in [0.25, 0.3) is 0 Å². The number of hydrogen-bond donors (Lipinski definition) is 2. The number of nitrogens with two attached hydrogens (primary N) is 1. The van der Waals surface area contributed by atoms with E-state index in [9.17, 15) is 0 Å². The zero-order valence-corrected chi connectivity index (χ0v) is 10.2. The van der Waals surface area contributed by atoms with Gasteiger partial charge in [0.15, 0.2) is 5.82 Å². The van der Waals surface area contributed by atoms with Crippen LogP contribution in [0.5, 0.6) is 0 Å². The number of aromatic amines is 1. The Hall–Kier alpha value is -0.980. The Morgan fingerprint density at radius 2 is 2.24 bits per heavy atom. The number of aromatic nitrogens is 3. The Bertz CT molecular complexity index is 341. The molecule has 2 heterocycles. The van der Waals surface area contributed by atoms with Gasteiger partial charge in [0, 0.05) is 39.1 Å². The molecule has 1 aromatic rings. The fraction of sp³-hybridized carbons (Fsp3) is 0.818. The molecule has 1 aliphatic heterocycles. The van der Waals surface area contributed by atoms with E-state index in [1.165, 1.54) is 0 Å². The van der Waals surface area contributed by atoms with Crippen LogP contribution in [0.3, 0.4) is 0 Å². The van der Waals surface area contributed by atoms with Crippen molar-refractivity contribution in [2.75, 3.05) is 26.4 Å². The molecule has 6 heteroatoms. The van der Waals surface area contributed by atoms with Crippen molar-refractivity contribution in [1.29, 1.82) is 0 Å². The summed E-state index contributed by atoms with van der Waals surface area (Å²) in [6.07, 6.45) is 2.33. The molecular weight excluding hydrogens is 220 g/mol. The second-order valence-electron chi connectivity index (χ2n) is 4.18. The van der Waals surface area contributed by atoms with Crippen LogP contribution in [0.4, 0.5) is 0 Å². The SMILES string of the molecule is CCOC1(c2n[nH]c(CCN)n2)CCOCC1. The van der Waals surface area contributed by atoms with Gasteiger partial charge in [0.2, 0.25) is 0 Å². The Labute approximate surface area is 101 Å². The van der Waals surface area contributed by atoms with Crippen LogP contribution in [0, 0.1) is 0 Å². The first-order chi connectivity index (χ1) is 8.30. The maximum atomic E-state index is 5.89. The molecule has 3 N–H and O–H groups in total. The first-order valence-electron chi connectivity index (χ1n) is 6.14. The third-order valence-corrected chi connectivity index (χ3v) is 3.04. The van der Waals surface area contributed by atoms with Gasteiger partial charge in [-0.15, -0.1) is 0 Å². The molecule has 1 fully saturated rings. The van der Waals surface area contributed by atoms with E-state index >= 15 is 0 Å². The summed E-state index contributed by atoms with van der Waals surface area (Å²) in [6.45, 7) is 4.60. The molecule has 0 saturated carbocycles. The summed E-state index contributed by atoms with van der Waals surface area (Å²) in [5.74, 6) is 1.57. The Balaban J connectivity index is 2.18. The molecule has 0 spiro atoms. The zero-order chi connectivity index (χ0) is 12.1. The molecule has 0 radical (unpaired) electrons. The summed E-state index contributed by atoms with van der Waals surface area (Å²) < 4.78 is 11.3. The van der Waals surface area contributed by atoms with Crippen LogP contribution >= 0.6 is 0 Å². The number of rotatable bonds is 5. The minimum Gasteiger partial charge on any atom is -0.381 e. The molecule has 0 aromatic carbocycles. The summed E-state index contributed by atoms with van der Waals surface area (Å²) in [4.78, 5) is 4.49. The lowest BCUT2D eigenvalue weighted by Crippen LogP contribution is -2.37. The molecule has 1 saturated heterocycles. The minimum absolute atomic E-state index is 0.379. The molecular formula is C11H20N4O2. The van der Waals surface area contributed by atoms with Crippen molar-refractivity contribution < 1.29 is 9.47 Å². The van der Waals surface area contributed by atoms with Gasteiger partial charge in [-0.25, -0.2) is 4.98 Å². The lowest BCUT2D eigenvalue weighted by molar-refractivity contribution is -0.117. The smallest absolute Gasteiger partial charge is 0.182 e. The van der Waals surface area contributed by atoms with Gasteiger partial charge in [0.05, 0.1) is 0 Å². The van der Waals surface area contributed by atoms with Crippen molar-refractivity contribution in [3.05, 3.63) is 11.6 Å². The van der Waals surface area contributed by atoms with E-state index in [2.05, 4.69) is 15.2 Å². The molecule has 2 rings (SSSR count). The average Bonchev–Trinajstić information content (AvgIpc) is 2.80. The van der Waals surface area contributed by atoms with Gasteiger partial charge in [-0.3, -0.25) is 5.10 Å². The molecule has 1 aliphatic rings. The first kappa shape index (κ1) is 12.5. The van der Waals surface area contributed by atoms with E-state index in [0.717, 1.165) is 24.5 Å². The quantitative estimate of drug-likeness (QED) is 0.775. The third kappa shape index (κ3) is 2.65. The highest BCUT2D eigenvalue weighted by Crippen LogP contribution is 2.33. The van der Waals surface area contributed by atoms with E-state index in [1.807, 2.05) is 6.92 Å². The van der Waals surface area contributed by atoms with Gasteiger partial charge >= 0.3 is 0 Å². The predicted octanol–water partition coefficient (Wildman–Crippen LogP) is 0.348. The van der Waals surface area contributed by atoms with Crippen molar-refractivity contribution in [2.45, 2.75) is 31.8 Å². The summed E-state index contributed by atoms with van der Waals surface area (Å²) in [7, 11) is 0. The highest BCUT2D eigenvalue weighted by molar-refractivity contribution is 5.05. The zero-order valence-electron chi connectivity index (χ0n) is 10.2. The number of hydrogen-bond acceptors (Lipinski definition) is 5. The van der Waals surface area contributed by atoms with Crippen molar-refractivity contribution in [3.63, 3.8) is 0 Å². The van der Waals surface area contributed by atoms with Crippen LogP contribution in [0.1, 0.15) is 31.4 Å². The topological polar surface area (TPSA) is 86.0 Å². The van der Waals surface area contributed by atoms with Crippen LogP contribution < -0.4 is 5.73 Å². The highest BCUT2D eigenvalue weighted by Gasteiger charge is 2.38. The first-order valence-corrected chi connectivity index (χ1v) is 6.14. The molecule has 96 valence electrons. The van der Waals surface area contributed by atoms with E-state index in [4.69, 9.17) is 15.2 Å². The largest absolute Gasteiger partial charge is 0.381 e. The summed E-state index contributed by atoms with van der Waals surface area (Å²) in [5.41, 5.74) is 5.12. The molecule has 0 unspecified atom stereocenters. The van der Waals surface area contributed by atoms with Crippen molar-refractivity contribution in [1.82, 2.24) is 15.2 Å². The van der Waals surface area contributed by atoms with E-state index in [1.54, 1.807) is 0 Å². The molecule has 0 bridgehead atoms. The molecule has 0 atom stereocenters. The Morgan fingerprint density at radius 3 is 2.88 bits per heavy atom. The van der Waals surface area contributed by atoms with Crippen molar-refractivity contribution >= 4 is 0 Å². The highest BCUT2D eigenvalue weighted by atomic mass is 16.5. The standard InChI is InChI=1S/C11H20N4O2/c1-2-17-11(4-7-16-8-5-11)10-13-9(3-6-12)14-15-10/h2-8,12H2,1H3,(H,13,14,15). The fourth-order valence-corrected chi connectivity index (χ4v) is 2.16. The summed E-state index contributed by atoms with van der Waals surface area (Å²) in [6, 6.07) is 0. The summed E-state index contributed by atoms with van der Waals surface area (Å²) >= 11 is 0. The maximum Gasteiger partial charge on any atom is 0.182 e. The second-order valence-corrected chi connectivity index (χ2v) is 4.18. The Kier molecular flexibility index (Phi) is 4.09. The van der Waals surface area contributed by atoms with Gasteiger partial charge < -0.3 is 15.2 Å². The van der Waals surface area contributed by atoms with Crippen molar-refractivity contribution in [3.8, 4) is 0 Å². The van der Waals surface area contributed by atoms with E-state index < -0.39 is 0 Å². The van der Waals surface area contributed by atoms with Gasteiger partial charge in [0.1, 0.15) is 11.4 Å². The summed E-state index contributed by atoms with van der Waals surface area (Å²) in [5, 5.41) is 7.20. The molecule has 1 aromatic heterocycles. The predicted molar refractivity (Wildman–Crippen MR) is 62.5 cm³/mol. The van der Waals surface area contributed by atoms with Crippen LogP contribution in [-0.2, 0) is 21.5 Å². The normalized spacial score (nSPS) is 19.4. The lowest BCUT2D eigenvalue weighted by Gasteiger charge is -2.34.